The van der Waals surface area contributed by atoms with Crippen molar-refractivity contribution >= 4 is 44.1 Å². The van der Waals surface area contributed by atoms with E-state index in [1.807, 2.05) is 12.3 Å². The molecule has 0 saturated carbocycles. The molecule has 2 saturated heterocycles. The number of hydrogen-bond donors (Lipinski definition) is 3. The number of nitrogens with one attached hydrogen (secondary N) is 1. The van der Waals surface area contributed by atoms with E-state index in [9.17, 15) is 26.4 Å². The number of hydrogen-bond acceptors (Lipinski definition) is 6. The van der Waals surface area contributed by atoms with Crippen LogP contribution in [0.15, 0.2) is 29.8 Å². The average Bonchev–Trinajstić information content (AvgIpc) is 3.70. The molecular weight excluding hydrogens is 581 g/mol. The van der Waals surface area contributed by atoms with Crippen molar-refractivity contribution in [2.24, 2.45) is 5.73 Å². The number of carboxylic acids is 1. The van der Waals surface area contributed by atoms with Crippen molar-refractivity contribution in [1.29, 1.82) is 0 Å². The van der Waals surface area contributed by atoms with Crippen LogP contribution < -0.4 is 5.73 Å². The van der Waals surface area contributed by atoms with Crippen LogP contribution in [0.4, 0.5) is 13.2 Å². The number of benzene rings is 1. The third-order valence-electron chi connectivity index (χ3n) is 7.55. The number of nitrogens with zero attached hydrogens (tertiary/aromatic N) is 2. The van der Waals surface area contributed by atoms with Crippen LogP contribution in [0.5, 0.6) is 0 Å². The molecule has 1 aromatic carbocycles. The maximum atomic E-state index is 12.3. The van der Waals surface area contributed by atoms with Gasteiger partial charge in [-0.15, -0.1) is 11.3 Å². The number of fused-ring (bicyclic) bond motifs is 1. The smallest absolute Gasteiger partial charge is 0.475 e. The second-order valence-corrected chi connectivity index (χ2v) is 13.5. The first kappa shape index (κ1) is 31.0. The van der Waals surface area contributed by atoms with Crippen LogP contribution in [0.1, 0.15) is 59.3 Å². The normalized spacial score (nSPS) is 17.5. The van der Waals surface area contributed by atoms with Gasteiger partial charge in [0.1, 0.15) is 0 Å². The Balaban J connectivity index is 0.000000493. The number of carboxylic acid groups (broad SMARTS) is 1. The second kappa shape index (κ2) is 12.5. The predicted molar refractivity (Wildman–Crippen MR) is 151 cm³/mol. The first-order valence-corrected chi connectivity index (χ1v) is 15.8. The number of amides is 1. The zero-order valence-electron chi connectivity index (χ0n) is 22.5. The molecule has 9 nitrogen and oxygen atoms in total. The van der Waals surface area contributed by atoms with Crippen LogP contribution in [0, 0.1) is 0 Å². The van der Waals surface area contributed by atoms with Crippen molar-refractivity contribution in [2.45, 2.75) is 51.2 Å². The molecule has 41 heavy (non-hydrogen) atoms. The van der Waals surface area contributed by atoms with Crippen LogP contribution in [0.25, 0.3) is 22.0 Å². The van der Waals surface area contributed by atoms with Gasteiger partial charge in [0.2, 0.25) is 10.0 Å². The van der Waals surface area contributed by atoms with E-state index < -0.39 is 28.1 Å². The number of aliphatic carboxylic acids is 1. The van der Waals surface area contributed by atoms with Gasteiger partial charge < -0.3 is 15.8 Å². The standard InChI is InChI=1S/C25H32N4O3S2.C2HF3O2/c1-2-34(31,32)29-9-5-17(6-10-29)23-14-27-24-21(23)12-18(13-22(24)25(26)30)19-11-20(33-16-19)15-28-7-3-4-8-28;3-2(4,5)1(6)7/h11-14,16-17,27H,2-10,15H2,1H3,(H2,26,30);(H,6,7). The average molecular weight is 615 g/mol. The number of aromatic nitrogens is 1. The van der Waals surface area contributed by atoms with E-state index in [0.717, 1.165) is 60.1 Å². The Morgan fingerprint density at radius 1 is 1.10 bits per heavy atom. The summed E-state index contributed by atoms with van der Waals surface area (Å²) in [5.41, 5.74) is 10.3. The fraction of sp³-hybridized carbons (Fsp3) is 0.481. The summed E-state index contributed by atoms with van der Waals surface area (Å²) < 4.78 is 57.9. The van der Waals surface area contributed by atoms with Gasteiger partial charge in [-0.1, -0.05) is 0 Å². The summed E-state index contributed by atoms with van der Waals surface area (Å²) in [5, 5.41) is 10.3. The van der Waals surface area contributed by atoms with E-state index in [1.165, 1.54) is 17.7 Å². The van der Waals surface area contributed by atoms with E-state index in [4.69, 9.17) is 15.6 Å². The number of rotatable bonds is 7. The fourth-order valence-electron chi connectivity index (χ4n) is 5.36. The second-order valence-electron chi connectivity index (χ2n) is 10.2. The molecule has 4 N–H and O–H groups in total. The van der Waals surface area contributed by atoms with E-state index in [-0.39, 0.29) is 11.7 Å². The highest BCUT2D eigenvalue weighted by Gasteiger charge is 2.38. The summed E-state index contributed by atoms with van der Waals surface area (Å²) in [5.74, 6) is -2.83. The number of carbonyl (C=O) groups is 2. The summed E-state index contributed by atoms with van der Waals surface area (Å²) in [6.45, 7) is 6.05. The Hall–Kier alpha value is -2.94. The first-order chi connectivity index (χ1) is 19.3. The molecule has 0 atom stereocenters. The Morgan fingerprint density at radius 3 is 2.29 bits per heavy atom. The van der Waals surface area contributed by atoms with E-state index >= 15 is 0 Å². The van der Waals surface area contributed by atoms with Crippen LogP contribution in [0.2, 0.25) is 0 Å². The van der Waals surface area contributed by atoms with Gasteiger partial charge >= 0.3 is 12.1 Å². The molecule has 3 aromatic rings. The number of H-pyrrole nitrogens is 1. The molecule has 1 amide bonds. The Morgan fingerprint density at radius 2 is 1.73 bits per heavy atom. The van der Waals surface area contributed by atoms with Crippen molar-refractivity contribution in [3.8, 4) is 11.1 Å². The molecule has 0 bridgehead atoms. The van der Waals surface area contributed by atoms with Crippen molar-refractivity contribution in [3.05, 3.63) is 45.8 Å². The minimum Gasteiger partial charge on any atom is -0.475 e. The minimum absolute atomic E-state index is 0.135. The lowest BCUT2D eigenvalue weighted by molar-refractivity contribution is -0.192. The molecule has 2 fully saturated rings. The highest BCUT2D eigenvalue weighted by Crippen LogP contribution is 2.38. The van der Waals surface area contributed by atoms with Crippen LogP contribution in [-0.2, 0) is 21.4 Å². The monoisotopic (exact) mass is 614 g/mol. The van der Waals surface area contributed by atoms with Gasteiger partial charge in [-0.05, 0) is 91.9 Å². The number of thiophene rings is 1. The number of likely N-dealkylation sites (tertiary alicyclic amines) is 1. The number of primary amides is 1. The largest absolute Gasteiger partial charge is 0.490 e. The molecule has 2 aliphatic heterocycles. The summed E-state index contributed by atoms with van der Waals surface area (Å²) in [7, 11) is -3.16. The third-order valence-corrected chi connectivity index (χ3v) is 10.3. The summed E-state index contributed by atoms with van der Waals surface area (Å²) >= 11 is 1.76. The highest BCUT2D eigenvalue weighted by molar-refractivity contribution is 7.89. The van der Waals surface area contributed by atoms with Gasteiger partial charge in [-0.25, -0.2) is 17.5 Å². The van der Waals surface area contributed by atoms with Crippen LogP contribution >= 0.6 is 11.3 Å². The van der Waals surface area contributed by atoms with Crippen molar-refractivity contribution in [1.82, 2.24) is 14.2 Å². The lowest BCUT2D eigenvalue weighted by Gasteiger charge is -2.31. The van der Waals surface area contributed by atoms with Gasteiger partial charge in [-0.3, -0.25) is 9.69 Å². The van der Waals surface area contributed by atoms with Crippen LogP contribution in [-0.4, -0.2) is 77.7 Å². The zero-order valence-corrected chi connectivity index (χ0v) is 24.2. The maximum Gasteiger partial charge on any atom is 0.490 e. The number of halogens is 3. The highest BCUT2D eigenvalue weighted by atomic mass is 32.2. The molecule has 4 heterocycles. The number of sulfonamides is 1. The van der Waals surface area contributed by atoms with E-state index in [2.05, 4.69) is 27.4 Å². The Labute approximate surface area is 240 Å². The Kier molecular flexibility index (Phi) is 9.46. The first-order valence-electron chi connectivity index (χ1n) is 13.3. The number of alkyl halides is 3. The third kappa shape index (κ3) is 7.29. The zero-order chi connectivity index (χ0) is 29.9. The molecule has 0 spiro atoms. The number of carbonyl (C=O) groups excluding carboxylic acids is 1. The van der Waals surface area contributed by atoms with Gasteiger partial charge in [0.15, 0.2) is 0 Å². The van der Waals surface area contributed by atoms with Crippen LogP contribution in [0.3, 0.4) is 0 Å². The molecule has 2 aromatic heterocycles. The molecular formula is C27H33F3N4O5S2. The number of piperidine rings is 1. The molecule has 0 unspecified atom stereocenters. The van der Waals surface area contributed by atoms with Crippen molar-refractivity contribution in [3.63, 3.8) is 0 Å². The molecule has 5 rings (SSSR count). The molecule has 2 aliphatic rings. The Bertz CT molecular complexity index is 1500. The SMILES string of the molecule is CCS(=O)(=O)N1CCC(c2c[nH]c3c(C(N)=O)cc(-c4csc(CN5CCCC5)c4)cc23)CC1.O=C(O)C(F)(F)F. The fourth-order valence-corrected chi connectivity index (χ4v) is 7.42. The maximum absolute atomic E-state index is 12.3. The molecule has 224 valence electrons. The lowest BCUT2D eigenvalue weighted by atomic mass is 9.88. The van der Waals surface area contributed by atoms with Gasteiger partial charge in [0.05, 0.1) is 16.8 Å². The number of aromatic amines is 1. The van der Waals surface area contributed by atoms with Crippen molar-refractivity contribution < 1.29 is 36.3 Å². The molecule has 14 heteroatoms. The molecule has 0 aliphatic carbocycles. The van der Waals surface area contributed by atoms with Gasteiger partial charge in [0.25, 0.3) is 5.91 Å². The summed E-state index contributed by atoms with van der Waals surface area (Å²) in [6.07, 6.45) is 0.969. The summed E-state index contributed by atoms with van der Waals surface area (Å²) in [4.78, 5) is 28.3. The lowest BCUT2D eigenvalue weighted by Crippen LogP contribution is -2.38. The van der Waals surface area contributed by atoms with E-state index in [1.54, 1.807) is 22.6 Å². The van der Waals surface area contributed by atoms with E-state index in [0.29, 0.717) is 18.7 Å². The summed E-state index contributed by atoms with van der Waals surface area (Å²) in [6, 6.07) is 6.28. The number of nitrogens with two attached hydrogens (primary N) is 1. The predicted octanol–water partition coefficient (Wildman–Crippen LogP) is 4.75. The van der Waals surface area contributed by atoms with Gasteiger partial charge in [0, 0.05) is 36.1 Å². The van der Waals surface area contributed by atoms with Crippen molar-refractivity contribution in [2.75, 3.05) is 31.9 Å². The topological polar surface area (TPSA) is 137 Å². The van der Waals surface area contributed by atoms with Gasteiger partial charge in [-0.2, -0.15) is 13.2 Å². The quantitative estimate of drug-likeness (QED) is 0.351. The molecule has 0 radical (unpaired) electrons. The minimum atomic E-state index is -5.08.